The fraction of sp³-hybridized carbons (Fsp3) is 0.538. The molecular weight excluding hydrogens is 265 g/mol. The normalized spacial score (nSPS) is 34.0. The molecule has 0 radical (unpaired) electrons. The summed E-state index contributed by atoms with van der Waals surface area (Å²) in [6.07, 6.45) is -1.93. The average molecular weight is 281 g/mol. The van der Waals surface area contributed by atoms with Crippen molar-refractivity contribution < 1.29 is 19.3 Å². The Labute approximate surface area is 114 Å². The Kier molecular flexibility index (Phi) is 3.00. The lowest BCUT2D eigenvalue weighted by molar-refractivity contribution is -0.0248. The van der Waals surface area contributed by atoms with Crippen LogP contribution < -0.4 is 0 Å². The number of halogens is 1. The monoisotopic (exact) mass is 281 g/mol. The van der Waals surface area contributed by atoms with Crippen molar-refractivity contribution in [2.45, 2.75) is 37.8 Å². The number of ether oxygens (including phenoxy) is 1. The SMILES string of the molecule is Cc1ncnn2c([C@@H]3O[C@H](CO)[C@@H](O)[C@@]3(C)F)ccc12. The Hall–Kier alpha value is -1.57. The minimum atomic E-state index is -2.00. The lowest BCUT2D eigenvalue weighted by Gasteiger charge is -2.23. The number of aryl methyl sites for hydroxylation is 1. The smallest absolute Gasteiger partial charge is 0.168 e. The van der Waals surface area contributed by atoms with Crippen molar-refractivity contribution in [1.29, 1.82) is 0 Å². The van der Waals surface area contributed by atoms with Gasteiger partial charge in [0.1, 0.15) is 24.6 Å². The summed E-state index contributed by atoms with van der Waals surface area (Å²) >= 11 is 0. The molecule has 0 unspecified atom stereocenters. The quantitative estimate of drug-likeness (QED) is 0.840. The van der Waals surface area contributed by atoms with Gasteiger partial charge in [-0.25, -0.2) is 13.9 Å². The highest BCUT2D eigenvalue weighted by Gasteiger charge is 2.55. The molecule has 0 spiro atoms. The molecule has 0 aromatic carbocycles. The number of nitrogens with zero attached hydrogens (tertiary/aromatic N) is 3. The maximum atomic E-state index is 14.8. The van der Waals surface area contributed by atoms with Gasteiger partial charge in [0, 0.05) is 0 Å². The molecule has 7 heteroatoms. The topological polar surface area (TPSA) is 79.9 Å². The lowest BCUT2D eigenvalue weighted by atomic mass is 9.93. The van der Waals surface area contributed by atoms with Gasteiger partial charge >= 0.3 is 0 Å². The average Bonchev–Trinajstić information content (AvgIpc) is 2.92. The molecular formula is C13H16FN3O3. The summed E-state index contributed by atoms with van der Waals surface area (Å²) in [7, 11) is 0. The summed E-state index contributed by atoms with van der Waals surface area (Å²) in [5.74, 6) is 0. The highest BCUT2D eigenvalue weighted by molar-refractivity contribution is 5.52. The Morgan fingerprint density at radius 1 is 1.50 bits per heavy atom. The van der Waals surface area contributed by atoms with Crippen molar-refractivity contribution in [3.8, 4) is 0 Å². The van der Waals surface area contributed by atoms with Crippen LogP contribution in [-0.4, -0.2) is 49.3 Å². The predicted octanol–water partition coefficient (Wildman–Crippen LogP) is 0.559. The molecule has 0 amide bonds. The van der Waals surface area contributed by atoms with Crippen LogP contribution in [0.25, 0.3) is 5.52 Å². The molecule has 3 rings (SSSR count). The Bertz CT molecular complexity index is 643. The molecule has 1 saturated heterocycles. The van der Waals surface area contributed by atoms with Gasteiger partial charge < -0.3 is 14.9 Å². The third-order valence-electron chi connectivity index (χ3n) is 3.88. The molecule has 0 bridgehead atoms. The highest BCUT2D eigenvalue weighted by Crippen LogP contribution is 2.44. The van der Waals surface area contributed by atoms with Crippen molar-refractivity contribution in [2.75, 3.05) is 6.61 Å². The van der Waals surface area contributed by atoms with Gasteiger partial charge in [0.2, 0.25) is 0 Å². The van der Waals surface area contributed by atoms with Gasteiger partial charge in [-0.3, -0.25) is 0 Å². The van der Waals surface area contributed by atoms with Gasteiger partial charge in [-0.2, -0.15) is 5.10 Å². The summed E-state index contributed by atoms with van der Waals surface area (Å²) in [4.78, 5) is 4.07. The zero-order valence-electron chi connectivity index (χ0n) is 11.2. The fourth-order valence-corrected chi connectivity index (χ4v) is 2.68. The second kappa shape index (κ2) is 4.47. The molecule has 2 aromatic heterocycles. The first kappa shape index (κ1) is 13.4. The van der Waals surface area contributed by atoms with Crippen LogP contribution in [0.15, 0.2) is 18.5 Å². The van der Waals surface area contributed by atoms with E-state index in [0.29, 0.717) is 5.69 Å². The number of aliphatic hydroxyl groups is 2. The largest absolute Gasteiger partial charge is 0.394 e. The van der Waals surface area contributed by atoms with E-state index in [1.54, 1.807) is 16.6 Å². The van der Waals surface area contributed by atoms with Crippen LogP contribution in [0.2, 0.25) is 0 Å². The molecule has 108 valence electrons. The third-order valence-corrected chi connectivity index (χ3v) is 3.88. The van der Waals surface area contributed by atoms with E-state index in [-0.39, 0.29) is 0 Å². The van der Waals surface area contributed by atoms with E-state index >= 15 is 0 Å². The number of fused-ring (bicyclic) bond motifs is 1. The first-order valence-electron chi connectivity index (χ1n) is 6.39. The van der Waals surface area contributed by atoms with Crippen molar-refractivity contribution >= 4 is 5.52 Å². The second-order valence-electron chi connectivity index (χ2n) is 5.23. The summed E-state index contributed by atoms with van der Waals surface area (Å²) < 4.78 is 21.8. The maximum Gasteiger partial charge on any atom is 0.168 e. The molecule has 6 nitrogen and oxygen atoms in total. The number of aliphatic hydroxyl groups excluding tert-OH is 2. The van der Waals surface area contributed by atoms with Crippen LogP contribution in [0.3, 0.4) is 0 Å². The molecule has 2 N–H and O–H groups in total. The number of rotatable bonds is 2. The maximum absolute atomic E-state index is 14.8. The summed E-state index contributed by atoms with van der Waals surface area (Å²) in [6, 6.07) is 3.48. The summed E-state index contributed by atoms with van der Waals surface area (Å²) in [6.45, 7) is 2.66. The van der Waals surface area contributed by atoms with Crippen LogP contribution in [0.1, 0.15) is 24.4 Å². The zero-order chi connectivity index (χ0) is 14.5. The van der Waals surface area contributed by atoms with Gasteiger partial charge in [0.05, 0.1) is 23.5 Å². The second-order valence-corrected chi connectivity index (χ2v) is 5.23. The van der Waals surface area contributed by atoms with Crippen molar-refractivity contribution in [3.63, 3.8) is 0 Å². The van der Waals surface area contributed by atoms with E-state index in [9.17, 15) is 9.50 Å². The van der Waals surface area contributed by atoms with Gasteiger partial charge in [0.25, 0.3) is 0 Å². The summed E-state index contributed by atoms with van der Waals surface area (Å²) in [5, 5.41) is 23.2. The lowest BCUT2D eigenvalue weighted by Crippen LogP contribution is -2.39. The number of hydrogen-bond acceptors (Lipinski definition) is 5. The van der Waals surface area contributed by atoms with Crippen LogP contribution >= 0.6 is 0 Å². The predicted molar refractivity (Wildman–Crippen MR) is 67.9 cm³/mol. The van der Waals surface area contributed by atoms with Crippen molar-refractivity contribution in [1.82, 2.24) is 14.6 Å². The van der Waals surface area contributed by atoms with E-state index < -0.39 is 30.6 Å². The van der Waals surface area contributed by atoms with Crippen molar-refractivity contribution in [2.24, 2.45) is 0 Å². The van der Waals surface area contributed by atoms with E-state index in [2.05, 4.69) is 10.1 Å². The zero-order valence-corrected chi connectivity index (χ0v) is 11.2. The molecule has 0 saturated carbocycles. The van der Waals surface area contributed by atoms with Crippen LogP contribution in [0.4, 0.5) is 4.39 Å². The van der Waals surface area contributed by atoms with E-state index in [1.807, 2.05) is 6.92 Å². The fourth-order valence-electron chi connectivity index (χ4n) is 2.68. The van der Waals surface area contributed by atoms with Gasteiger partial charge in [-0.05, 0) is 26.0 Å². The minimum Gasteiger partial charge on any atom is -0.394 e. The number of aromatic nitrogens is 3. The number of hydrogen-bond donors (Lipinski definition) is 2. The van der Waals surface area contributed by atoms with E-state index in [4.69, 9.17) is 9.84 Å². The Morgan fingerprint density at radius 2 is 2.25 bits per heavy atom. The van der Waals surface area contributed by atoms with Gasteiger partial charge in [-0.15, -0.1) is 0 Å². The van der Waals surface area contributed by atoms with E-state index in [0.717, 1.165) is 11.2 Å². The Balaban J connectivity index is 2.10. The molecule has 1 aliphatic heterocycles. The Morgan fingerprint density at radius 3 is 2.90 bits per heavy atom. The van der Waals surface area contributed by atoms with Crippen LogP contribution in [-0.2, 0) is 4.74 Å². The van der Waals surface area contributed by atoms with Crippen LogP contribution in [0.5, 0.6) is 0 Å². The van der Waals surface area contributed by atoms with E-state index in [1.165, 1.54) is 13.3 Å². The van der Waals surface area contributed by atoms with Gasteiger partial charge in [-0.1, -0.05) is 0 Å². The molecule has 1 aliphatic rings. The van der Waals surface area contributed by atoms with Gasteiger partial charge in [0.15, 0.2) is 5.67 Å². The number of alkyl halides is 1. The van der Waals surface area contributed by atoms with Crippen molar-refractivity contribution in [3.05, 3.63) is 29.8 Å². The standard InChI is InChI=1S/C13H16FN3O3/c1-7-8-3-4-9(17(8)16-6-15-7)12-13(2,14)11(19)10(5-18)20-12/h3-4,6,10-12,18-19H,5H2,1-2H3/t10-,11-,12+,13-/m1/s1. The third kappa shape index (κ3) is 1.74. The molecule has 4 atom stereocenters. The first-order chi connectivity index (χ1) is 9.46. The molecule has 3 heterocycles. The van der Waals surface area contributed by atoms with Crippen LogP contribution in [0, 0.1) is 6.92 Å². The minimum absolute atomic E-state index is 0.436. The molecule has 2 aromatic rings. The highest BCUT2D eigenvalue weighted by atomic mass is 19.1. The first-order valence-corrected chi connectivity index (χ1v) is 6.39. The molecule has 0 aliphatic carbocycles. The molecule has 20 heavy (non-hydrogen) atoms. The summed E-state index contributed by atoms with van der Waals surface area (Å²) in [5.41, 5.74) is 0.0129. The molecule has 1 fully saturated rings.